The molecule has 1 aliphatic heterocycles. The number of carbonyl (C=O) groups excluding carboxylic acids is 2. The van der Waals surface area contributed by atoms with E-state index < -0.39 is 6.10 Å². The summed E-state index contributed by atoms with van der Waals surface area (Å²) in [6, 6.07) is 0. The summed E-state index contributed by atoms with van der Waals surface area (Å²) in [6.45, 7) is 6.39. The van der Waals surface area contributed by atoms with Crippen molar-refractivity contribution in [2.45, 2.75) is 148 Å². The quantitative estimate of drug-likeness (QED) is 0.0409. The third-order valence-electron chi connectivity index (χ3n) is 7.72. The summed E-state index contributed by atoms with van der Waals surface area (Å²) in [5.41, 5.74) is 0. The zero-order valence-electron chi connectivity index (χ0n) is 28.0. The minimum absolute atomic E-state index is 0.145. The van der Waals surface area contributed by atoms with Crippen LogP contribution < -0.4 is 0 Å². The summed E-state index contributed by atoms with van der Waals surface area (Å²) in [4.78, 5) is 23.8. The average Bonchev–Trinajstić information content (AvgIpc) is 3.78. The van der Waals surface area contributed by atoms with Crippen molar-refractivity contribution in [2.75, 3.05) is 13.2 Å². The first-order chi connectivity index (χ1) is 21.5. The van der Waals surface area contributed by atoms with Gasteiger partial charge >= 0.3 is 11.9 Å². The van der Waals surface area contributed by atoms with Crippen LogP contribution in [0.4, 0.5) is 0 Å². The molecule has 4 atom stereocenters. The molecule has 0 spiro atoms. The Balaban J connectivity index is 1.92. The highest BCUT2D eigenvalue weighted by atomic mass is 16.6. The Bertz CT molecular complexity index is 871. The fourth-order valence-electron chi connectivity index (χ4n) is 4.60. The van der Waals surface area contributed by atoms with Gasteiger partial charge in [0.2, 0.25) is 0 Å². The van der Waals surface area contributed by atoms with Gasteiger partial charge in [0, 0.05) is 12.8 Å². The summed E-state index contributed by atoms with van der Waals surface area (Å²) in [5, 5.41) is 9.95. The molecule has 6 heteroatoms. The number of rotatable bonds is 28. The first-order valence-electron chi connectivity index (χ1n) is 17.4. The lowest BCUT2D eigenvalue weighted by Crippen LogP contribution is -2.25. The summed E-state index contributed by atoms with van der Waals surface area (Å²) in [5.74, 6) is 0.146. The number of esters is 2. The molecule has 1 aliphatic rings. The van der Waals surface area contributed by atoms with Crippen molar-refractivity contribution in [1.29, 1.82) is 0 Å². The fourth-order valence-corrected chi connectivity index (χ4v) is 4.60. The molecule has 1 fully saturated rings. The summed E-state index contributed by atoms with van der Waals surface area (Å²) in [7, 11) is 0. The fraction of sp³-hybridized carbons (Fsp3) is 0.684. The van der Waals surface area contributed by atoms with E-state index in [0.717, 1.165) is 63.7 Å². The molecule has 0 aliphatic carbocycles. The topological polar surface area (TPSA) is 85.4 Å². The van der Waals surface area contributed by atoms with Crippen LogP contribution in [0.25, 0.3) is 0 Å². The van der Waals surface area contributed by atoms with E-state index in [9.17, 15) is 14.7 Å². The van der Waals surface area contributed by atoms with E-state index in [0.29, 0.717) is 25.0 Å². The summed E-state index contributed by atoms with van der Waals surface area (Å²) < 4.78 is 15.9. The molecular weight excluding hydrogens is 552 g/mol. The van der Waals surface area contributed by atoms with Gasteiger partial charge in [-0.05, 0) is 57.3 Å². The molecule has 250 valence electrons. The van der Waals surface area contributed by atoms with Crippen LogP contribution in [0.3, 0.4) is 0 Å². The van der Waals surface area contributed by atoms with Crippen LogP contribution in [-0.4, -0.2) is 48.6 Å². The van der Waals surface area contributed by atoms with Gasteiger partial charge in [0.05, 0.1) is 12.2 Å². The number of ether oxygens (including phenoxy) is 3. The molecule has 0 aromatic heterocycles. The van der Waals surface area contributed by atoms with Gasteiger partial charge in [0.1, 0.15) is 19.3 Å². The third kappa shape index (κ3) is 24.9. The third-order valence-corrected chi connectivity index (χ3v) is 7.72. The SMILES string of the molecule is CC/C=C\CC1OC1C/C=C\C/C=C\C/C=C\C/C=C\CCC(=O)OC[C@H](O)COC(=O)CCCCCCCCC(C)CC. The summed E-state index contributed by atoms with van der Waals surface area (Å²) >= 11 is 0. The Labute approximate surface area is 268 Å². The smallest absolute Gasteiger partial charge is 0.306 e. The van der Waals surface area contributed by atoms with Crippen molar-refractivity contribution in [2.24, 2.45) is 5.92 Å². The van der Waals surface area contributed by atoms with Gasteiger partial charge in [0.25, 0.3) is 0 Å². The molecule has 1 saturated heterocycles. The van der Waals surface area contributed by atoms with Gasteiger partial charge in [0.15, 0.2) is 0 Å². The lowest BCUT2D eigenvalue weighted by Gasteiger charge is -2.12. The highest BCUT2D eigenvalue weighted by Gasteiger charge is 2.35. The van der Waals surface area contributed by atoms with Gasteiger partial charge in [-0.25, -0.2) is 0 Å². The largest absolute Gasteiger partial charge is 0.463 e. The Morgan fingerprint density at radius 1 is 0.682 bits per heavy atom. The maximum Gasteiger partial charge on any atom is 0.306 e. The Hall–Kier alpha value is -2.44. The predicted octanol–water partition coefficient (Wildman–Crippen LogP) is 9.29. The normalized spacial score (nSPS) is 18.3. The zero-order chi connectivity index (χ0) is 32.1. The van der Waals surface area contributed by atoms with E-state index in [4.69, 9.17) is 14.2 Å². The second-order valence-electron chi connectivity index (χ2n) is 11.9. The maximum absolute atomic E-state index is 11.9. The van der Waals surface area contributed by atoms with Gasteiger partial charge in [-0.15, -0.1) is 0 Å². The second kappa shape index (κ2) is 28.1. The van der Waals surface area contributed by atoms with Crippen LogP contribution in [0, 0.1) is 5.92 Å². The number of carbonyl (C=O) groups is 2. The number of aliphatic hydroxyl groups excluding tert-OH is 1. The van der Waals surface area contributed by atoms with E-state index in [1.54, 1.807) is 0 Å². The zero-order valence-corrected chi connectivity index (χ0v) is 28.0. The van der Waals surface area contributed by atoms with Gasteiger partial charge in [-0.3, -0.25) is 9.59 Å². The first-order valence-corrected chi connectivity index (χ1v) is 17.4. The Morgan fingerprint density at radius 3 is 1.77 bits per heavy atom. The van der Waals surface area contributed by atoms with E-state index >= 15 is 0 Å². The van der Waals surface area contributed by atoms with Crippen LogP contribution in [0.15, 0.2) is 60.8 Å². The van der Waals surface area contributed by atoms with Crippen LogP contribution >= 0.6 is 0 Å². The van der Waals surface area contributed by atoms with Crippen molar-refractivity contribution in [3.8, 4) is 0 Å². The van der Waals surface area contributed by atoms with Crippen LogP contribution in [0.5, 0.6) is 0 Å². The number of epoxide rings is 1. The molecule has 0 aromatic carbocycles. The average molecular weight is 615 g/mol. The van der Waals surface area contributed by atoms with Gasteiger partial charge in [-0.1, -0.05) is 126 Å². The minimum Gasteiger partial charge on any atom is -0.463 e. The van der Waals surface area contributed by atoms with Crippen LogP contribution in [-0.2, 0) is 23.8 Å². The predicted molar refractivity (Wildman–Crippen MR) is 181 cm³/mol. The monoisotopic (exact) mass is 614 g/mol. The molecule has 3 unspecified atom stereocenters. The maximum atomic E-state index is 11.9. The van der Waals surface area contributed by atoms with Gasteiger partial charge in [-0.2, -0.15) is 0 Å². The highest BCUT2D eigenvalue weighted by molar-refractivity contribution is 5.70. The molecular formula is C38H62O6. The number of allylic oxidation sites excluding steroid dienone is 8. The number of hydrogen-bond donors (Lipinski definition) is 1. The minimum atomic E-state index is -0.998. The number of aliphatic hydroxyl groups is 1. The summed E-state index contributed by atoms with van der Waals surface area (Å²) in [6.07, 6.45) is 37.5. The molecule has 1 N–H and O–H groups in total. The number of hydrogen-bond acceptors (Lipinski definition) is 6. The number of unbranched alkanes of at least 4 members (excludes halogenated alkanes) is 5. The molecule has 1 rings (SSSR count). The first kappa shape index (κ1) is 39.6. The second-order valence-corrected chi connectivity index (χ2v) is 11.9. The van der Waals surface area contributed by atoms with E-state index in [1.807, 2.05) is 12.2 Å². The van der Waals surface area contributed by atoms with E-state index in [-0.39, 0.29) is 31.6 Å². The Morgan fingerprint density at radius 2 is 1.18 bits per heavy atom. The van der Waals surface area contributed by atoms with E-state index in [1.165, 1.54) is 32.1 Å². The standard InChI is InChI=1S/C38H62O6/c1-4-6-21-27-35-36(44-35)28-23-18-13-11-9-7-8-10-12-14-19-24-29-37(40)42-31-34(39)32-43-38(41)30-25-20-16-15-17-22-26-33(3)5-2/h6,8-11,14,18-19,21,23,33-36,39H,4-5,7,12-13,15-17,20,22,24-32H2,1-3H3/b10-8-,11-9-,19-14-,21-6-,23-18-/t33?,34-,35?,36?/m0/s1. The lowest BCUT2D eigenvalue weighted by molar-refractivity contribution is -0.152. The highest BCUT2D eigenvalue weighted by Crippen LogP contribution is 2.29. The van der Waals surface area contributed by atoms with Crippen LogP contribution in [0.2, 0.25) is 0 Å². The Kier molecular flexibility index (Phi) is 25.2. The van der Waals surface area contributed by atoms with Crippen molar-refractivity contribution in [1.82, 2.24) is 0 Å². The van der Waals surface area contributed by atoms with Crippen molar-refractivity contribution in [3.05, 3.63) is 60.8 Å². The molecule has 0 aromatic rings. The molecule has 6 nitrogen and oxygen atoms in total. The van der Waals surface area contributed by atoms with Crippen LogP contribution in [0.1, 0.15) is 130 Å². The molecule has 0 amide bonds. The molecule has 0 bridgehead atoms. The van der Waals surface area contributed by atoms with Crippen molar-refractivity contribution in [3.63, 3.8) is 0 Å². The van der Waals surface area contributed by atoms with E-state index in [2.05, 4.69) is 69.4 Å². The lowest BCUT2D eigenvalue weighted by atomic mass is 10.00. The van der Waals surface area contributed by atoms with Gasteiger partial charge < -0.3 is 19.3 Å². The van der Waals surface area contributed by atoms with Crippen molar-refractivity contribution < 1.29 is 28.9 Å². The molecule has 44 heavy (non-hydrogen) atoms. The molecule has 0 radical (unpaired) electrons. The van der Waals surface area contributed by atoms with Crippen molar-refractivity contribution >= 4 is 11.9 Å². The molecule has 0 saturated carbocycles. The molecule has 1 heterocycles.